The molecule has 2 rings (SSSR count). The molecular formula is C15H14ClNO2. The number of phenolic OH excluding ortho intramolecular Hbond substituents is 1. The van der Waals surface area contributed by atoms with E-state index in [2.05, 4.69) is 5.32 Å². The molecule has 2 aromatic rings. The van der Waals surface area contributed by atoms with Gasteiger partial charge in [0.05, 0.1) is 16.3 Å². The van der Waals surface area contributed by atoms with Crippen molar-refractivity contribution in [3.63, 3.8) is 0 Å². The van der Waals surface area contributed by atoms with Gasteiger partial charge in [0.1, 0.15) is 5.75 Å². The smallest absolute Gasteiger partial charge is 0.259 e. The standard InChI is InChI=1S/C15H14ClNO2/c1-9-5-4-8-12(16)13(9)17-15(19)11-7-3-6-10(2)14(11)18/h3-8,18H,1-2H3,(H,17,19). The SMILES string of the molecule is Cc1cccc(C(=O)Nc2c(C)cccc2Cl)c1O. The summed E-state index contributed by atoms with van der Waals surface area (Å²) in [6, 6.07) is 10.4. The molecule has 2 N–H and O–H groups in total. The van der Waals surface area contributed by atoms with E-state index in [-0.39, 0.29) is 17.2 Å². The van der Waals surface area contributed by atoms with Crippen molar-refractivity contribution in [3.05, 3.63) is 58.1 Å². The van der Waals surface area contributed by atoms with Crippen LogP contribution >= 0.6 is 11.6 Å². The molecule has 2 aromatic carbocycles. The predicted molar refractivity (Wildman–Crippen MR) is 77.0 cm³/mol. The van der Waals surface area contributed by atoms with Crippen LogP contribution in [0.15, 0.2) is 36.4 Å². The Morgan fingerprint density at radius 3 is 2.42 bits per heavy atom. The maximum atomic E-state index is 12.2. The van der Waals surface area contributed by atoms with Gasteiger partial charge in [0.15, 0.2) is 0 Å². The minimum Gasteiger partial charge on any atom is -0.507 e. The number of benzene rings is 2. The fraction of sp³-hybridized carbons (Fsp3) is 0.133. The Labute approximate surface area is 116 Å². The highest BCUT2D eigenvalue weighted by Gasteiger charge is 2.14. The summed E-state index contributed by atoms with van der Waals surface area (Å²) >= 11 is 6.05. The van der Waals surface area contributed by atoms with Crippen molar-refractivity contribution >= 4 is 23.2 Å². The van der Waals surface area contributed by atoms with Crippen LogP contribution in [0.1, 0.15) is 21.5 Å². The van der Waals surface area contributed by atoms with Crippen LogP contribution in [-0.2, 0) is 0 Å². The number of carbonyl (C=O) groups excluding carboxylic acids is 1. The number of rotatable bonds is 2. The maximum Gasteiger partial charge on any atom is 0.259 e. The molecule has 0 saturated heterocycles. The molecule has 0 aromatic heterocycles. The first kappa shape index (κ1) is 13.4. The van der Waals surface area contributed by atoms with E-state index in [0.29, 0.717) is 16.3 Å². The highest BCUT2D eigenvalue weighted by atomic mass is 35.5. The summed E-state index contributed by atoms with van der Waals surface area (Å²) in [6.07, 6.45) is 0. The minimum atomic E-state index is -0.377. The Balaban J connectivity index is 2.34. The molecule has 0 saturated carbocycles. The summed E-state index contributed by atoms with van der Waals surface area (Å²) in [7, 11) is 0. The Morgan fingerprint density at radius 1 is 1.11 bits per heavy atom. The van der Waals surface area contributed by atoms with Crippen LogP contribution in [0.5, 0.6) is 5.75 Å². The first-order valence-corrected chi connectivity index (χ1v) is 6.23. The minimum absolute atomic E-state index is 0.00953. The van der Waals surface area contributed by atoms with Crippen LogP contribution in [0.2, 0.25) is 5.02 Å². The summed E-state index contributed by atoms with van der Waals surface area (Å²) in [6.45, 7) is 3.60. The maximum absolute atomic E-state index is 12.2. The number of carbonyl (C=O) groups is 1. The lowest BCUT2D eigenvalue weighted by atomic mass is 10.1. The van der Waals surface area contributed by atoms with Crippen molar-refractivity contribution in [1.82, 2.24) is 0 Å². The lowest BCUT2D eigenvalue weighted by Gasteiger charge is -2.11. The van der Waals surface area contributed by atoms with Crippen molar-refractivity contribution in [2.75, 3.05) is 5.32 Å². The van der Waals surface area contributed by atoms with E-state index in [4.69, 9.17) is 11.6 Å². The third-order valence-corrected chi connectivity index (χ3v) is 3.26. The van der Waals surface area contributed by atoms with Crippen molar-refractivity contribution in [2.45, 2.75) is 13.8 Å². The molecule has 0 bridgehead atoms. The third kappa shape index (κ3) is 2.71. The topological polar surface area (TPSA) is 49.3 Å². The summed E-state index contributed by atoms with van der Waals surface area (Å²) in [5.41, 5.74) is 2.32. The van der Waals surface area contributed by atoms with Crippen molar-refractivity contribution < 1.29 is 9.90 Å². The van der Waals surface area contributed by atoms with Crippen LogP contribution in [0.25, 0.3) is 0 Å². The Kier molecular flexibility index (Phi) is 3.76. The van der Waals surface area contributed by atoms with E-state index in [9.17, 15) is 9.90 Å². The number of halogens is 1. The van der Waals surface area contributed by atoms with Gasteiger partial charge in [0, 0.05) is 0 Å². The number of anilines is 1. The van der Waals surface area contributed by atoms with Gasteiger partial charge in [-0.1, -0.05) is 35.9 Å². The molecular weight excluding hydrogens is 262 g/mol. The number of para-hydroxylation sites is 2. The number of amides is 1. The van der Waals surface area contributed by atoms with Crippen LogP contribution in [0.4, 0.5) is 5.69 Å². The van der Waals surface area contributed by atoms with Crippen LogP contribution < -0.4 is 5.32 Å². The predicted octanol–water partition coefficient (Wildman–Crippen LogP) is 3.91. The third-order valence-electron chi connectivity index (χ3n) is 2.94. The van der Waals surface area contributed by atoms with Crippen LogP contribution in [0, 0.1) is 13.8 Å². The molecule has 3 nitrogen and oxygen atoms in total. The van der Waals surface area contributed by atoms with Gasteiger partial charge in [-0.05, 0) is 37.1 Å². The zero-order valence-electron chi connectivity index (χ0n) is 10.7. The average Bonchev–Trinajstić information content (AvgIpc) is 2.37. The average molecular weight is 276 g/mol. The van der Waals surface area contributed by atoms with E-state index in [0.717, 1.165) is 5.56 Å². The van der Waals surface area contributed by atoms with Gasteiger partial charge >= 0.3 is 0 Å². The van der Waals surface area contributed by atoms with E-state index in [1.807, 2.05) is 19.1 Å². The van der Waals surface area contributed by atoms with Crippen molar-refractivity contribution in [2.24, 2.45) is 0 Å². The second kappa shape index (κ2) is 5.33. The molecule has 0 radical (unpaired) electrons. The molecule has 19 heavy (non-hydrogen) atoms. The fourth-order valence-corrected chi connectivity index (χ4v) is 2.08. The Morgan fingerprint density at radius 2 is 1.74 bits per heavy atom. The zero-order chi connectivity index (χ0) is 14.0. The number of hydrogen-bond acceptors (Lipinski definition) is 2. The van der Waals surface area contributed by atoms with Gasteiger partial charge in [-0.25, -0.2) is 0 Å². The molecule has 0 aliphatic heterocycles. The molecule has 0 aliphatic rings. The number of aryl methyl sites for hydroxylation is 2. The van der Waals surface area contributed by atoms with E-state index in [1.54, 1.807) is 31.2 Å². The van der Waals surface area contributed by atoms with E-state index >= 15 is 0 Å². The summed E-state index contributed by atoms with van der Waals surface area (Å²) < 4.78 is 0. The van der Waals surface area contributed by atoms with Gasteiger partial charge in [-0.2, -0.15) is 0 Å². The molecule has 0 aliphatic carbocycles. The van der Waals surface area contributed by atoms with Crippen molar-refractivity contribution in [3.8, 4) is 5.75 Å². The Bertz CT molecular complexity index is 618. The zero-order valence-corrected chi connectivity index (χ0v) is 11.5. The Hall–Kier alpha value is -2.00. The van der Waals surface area contributed by atoms with Gasteiger partial charge in [0.25, 0.3) is 5.91 Å². The van der Waals surface area contributed by atoms with E-state index in [1.165, 1.54) is 0 Å². The normalized spacial score (nSPS) is 10.3. The molecule has 0 fully saturated rings. The second-order valence-electron chi connectivity index (χ2n) is 4.36. The number of aromatic hydroxyl groups is 1. The number of phenols is 1. The number of nitrogens with one attached hydrogen (secondary N) is 1. The summed E-state index contributed by atoms with van der Waals surface area (Å²) in [5, 5.41) is 13.1. The molecule has 0 unspecified atom stereocenters. The lowest BCUT2D eigenvalue weighted by molar-refractivity contribution is 0.102. The molecule has 0 spiro atoms. The van der Waals surface area contributed by atoms with Crippen molar-refractivity contribution in [1.29, 1.82) is 0 Å². The summed E-state index contributed by atoms with van der Waals surface area (Å²) in [5.74, 6) is -0.387. The summed E-state index contributed by atoms with van der Waals surface area (Å²) in [4.78, 5) is 12.2. The quantitative estimate of drug-likeness (QED) is 0.873. The molecule has 4 heteroatoms. The van der Waals surface area contributed by atoms with E-state index < -0.39 is 0 Å². The largest absolute Gasteiger partial charge is 0.507 e. The first-order chi connectivity index (χ1) is 9.00. The van der Waals surface area contributed by atoms with Crippen LogP contribution in [0.3, 0.4) is 0 Å². The molecule has 0 heterocycles. The van der Waals surface area contributed by atoms with Gasteiger partial charge < -0.3 is 10.4 Å². The first-order valence-electron chi connectivity index (χ1n) is 5.85. The molecule has 1 amide bonds. The monoisotopic (exact) mass is 275 g/mol. The van der Waals surface area contributed by atoms with Gasteiger partial charge in [-0.15, -0.1) is 0 Å². The second-order valence-corrected chi connectivity index (χ2v) is 4.76. The van der Waals surface area contributed by atoms with Gasteiger partial charge in [-0.3, -0.25) is 4.79 Å². The number of hydrogen-bond donors (Lipinski definition) is 2. The van der Waals surface area contributed by atoms with Gasteiger partial charge in [0.2, 0.25) is 0 Å². The highest BCUT2D eigenvalue weighted by molar-refractivity contribution is 6.34. The van der Waals surface area contributed by atoms with Crippen LogP contribution in [-0.4, -0.2) is 11.0 Å². The lowest BCUT2D eigenvalue weighted by Crippen LogP contribution is -2.13. The molecule has 98 valence electrons. The highest BCUT2D eigenvalue weighted by Crippen LogP contribution is 2.27. The molecule has 0 atom stereocenters. The fourth-order valence-electron chi connectivity index (χ4n) is 1.81.